The van der Waals surface area contributed by atoms with Gasteiger partial charge in [-0.15, -0.1) is 11.3 Å². The third-order valence-electron chi connectivity index (χ3n) is 7.75. The number of nitrogens with zero attached hydrogens (tertiary/aromatic N) is 3. The van der Waals surface area contributed by atoms with Gasteiger partial charge in [0.25, 0.3) is 5.56 Å². The lowest BCUT2D eigenvalue weighted by Crippen LogP contribution is -2.44. The van der Waals surface area contributed by atoms with Gasteiger partial charge in [0.15, 0.2) is 0 Å². The molecule has 1 saturated heterocycles. The van der Waals surface area contributed by atoms with Crippen LogP contribution in [0.2, 0.25) is 0 Å². The van der Waals surface area contributed by atoms with Crippen molar-refractivity contribution in [1.29, 1.82) is 0 Å². The Bertz CT molecular complexity index is 1940. The quantitative estimate of drug-likeness (QED) is 0.188. The van der Waals surface area contributed by atoms with E-state index in [1.54, 1.807) is 11.3 Å². The molecule has 6 aromatic rings. The first-order valence-electron chi connectivity index (χ1n) is 13.9. The minimum absolute atomic E-state index is 0.277. The van der Waals surface area contributed by atoms with Crippen LogP contribution < -0.4 is 26.2 Å². The zero-order valence-corrected chi connectivity index (χ0v) is 24.0. The average molecular weight is 578 g/mol. The number of piperazine rings is 1. The molecular formula is C32H31N7O2S. The number of fused-ring (bicyclic) bond motifs is 2. The Morgan fingerprint density at radius 1 is 0.976 bits per heavy atom. The summed E-state index contributed by atoms with van der Waals surface area (Å²) in [6, 6.07) is 23.7. The normalized spacial score (nSPS) is 14.1. The number of thiophene rings is 1. The van der Waals surface area contributed by atoms with Gasteiger partial charge in [0.05, 0.1) is 33.7 Å². The molecular weight excluding hydrogens is 546 g/mol. The number of pyridine rings is 1. The SMILES string of the molecule is CN1CCN(c2ccc3nc(-c4c(N)c5cc(NCc6sccc6Oc6ccccc6)ccc5[nH]c4=O)[nH]c3c2)CC1. The van der Waals surface area contributed by atoms with Gasteiger partial charge in [0, 0.05) is 42.9 Å². The van der Waals surface area contributed by atoms with Gasteiger partial charge in [0.2, 0.25) is 0 Å². The van der Waals surface area contributed by atoms with Crippen LogP contribution in [-0.2, 0) is 6.54 Å². The fourth-order valence-electron chi connectivity index (χ4n) is 5.39. The van der Waals surface area contributed by atoms with Crippen molar-refractivity contribution in [3.05, 3.63) is 93.4 Å². The average Bonchev–Trinajstić information content (AvgIpc) is 3.63. The maximum absolute atomic E-state index is 13.2. The predicted molar refractivity (Wildman–Crippen MR) is 172 cm³/mol. The van der Waals surface area contributed by atoms with E-state index in [0.29, 0.717) is 29.1 Å². The maximum atomic E-state index is 13.2. The number of ether oxygens (including phenoxy) is 1. The summed E-state index contributed by atoms with van der Waals surface area (Å²) in [5, 5.41) is 6.25. The van der Waals surface area contributed by atoms with Crippen molar-refractivity contribution in [3.8, 4) is 22.9 Å². The van der Waals surface area contributed by atoms with Gasteiger partial charge >= 0.3 is 0 Å². The lowest BCUT2D eigenvalue weighted by atomic mass is 10.1. The monoisotopic (exact) mass is 577 g/mol. The van der Waals surface area contributed by atoms with Crippen LogP contribution in [0.4, 0.5) is 17.1 Å². The molecule has 5 N–H and O–H groups in total. The smallest absolute Gasteiger partial charge is 0.261 e. The molecule has 3 aromatic carbocycles. The van der Waals surface area contributed by atoms with E-state index in [0.717, 1.165) is 70.3 Å². The second-order valence-corrected chi connectivity index (χ2v) is 11.6. The first-order valence-corrected chi connectivity index (χ1v) is 14.8. The van der Waals surface area contributed by atoms with Gasteiger partial charge in [-0.1, -0.05) is 18.2 Å². The molecule has 4 heterocycles. The number of aromatic nitrogens is 3. The van der Waals surface area contributed by atoms with Crippen molar-refractivity contribution in [1.82, 2.24) is 19.9 Å². The van der Waals surface area contributed by atoms with E-state index in [1.165, 1.54) is 0 Å². The number of nitrogen functional groups attached to an aromatic ring is 1. The van der Waals surface area contributed by atoms with E-state index in [-0.39, 0.29) is 5.56 Å². The van der Waals surface area contributed by atoms with Crippen molar-refractivity contribution in [3.63, 3.8) is 0 Å². The molecule has 0 saturated carbocycles. The highest BCUT2D eigenvalue weighted by Gasteiger charge is 2.19. The number of benzene rings is 3. The molecule has 1 fully saturated rings. The van der Waals surface area contributed by atoms with Gasteiger partial charge in [0.1, 0.15) is 22.9 Å². The minimum atomic E-state index is -0.277. The van der Waals surface area contributed by atoms with Crippen molar-refractivity contribution in [2.75, 3.05) is 49.2 Å². The van der Waals surface area contributed by atoms with Crippen molar-refractivity contribution >= 4 is 50.3 Å². The molecule has 0 radical (unpaired) electrons. The van der Waals surface area contributed by atoms with Gasteiger partial charge in [-0.05, 0) is 67.0 Å². The summed E-state index contributed by atoms with van der Waals surface area (Å²) in [5.74, 6) is 2.08. The largest absolute Gasteiger partial charge is 0.456 e. The molecule has 0 unspecified atom stereocenters. The Balaban J connectivity index is 1.15. The van der Waals surface area contributed by atoms with E-state index >= 15 is 0 Å². The number of hydrogen-bond donors (Lipinski definition) is 4. The Hall–Kier alpha value is -4.80. The van der Waals surface area contributed by atoms with Crippen LogP contribution in [0.15, 0.2) is 83.0 Å². The number of para-hydroxylation sites is 1. The summed E-state index contributed by atoms with van der Waals surface area (Å²) in [6.45, 7) is 4.60. The number of rotatable bonds is 7. The molecule has 10 heteroatoms. The number of aromatic amines is 2. The predicted octanol–water partition coefficient (Wildman–Crippen LogP) is 5.87. The Labute approximate surface area is 246 Å². The van der Waals surface area contributed by atoms with Crippen LogP contribution in [-0.4, -0.2) is 53.1 Å². The lowest BCUT2D eigenvalue weighted by Gasteiger charge is -2.34. The van der Waals surface area contributed by atoms with Gasteiger partial charge in [-0.2, -0.15) is 0 Å². The number of imidazole rings is 1. The lowest BCUT2D eigenvalue weighted by molar-refractivity contribution is 0.313. The second-order valence-electron chi connectivity index (χ2n) is 10.6. The molecule has 42 heavy (non-hydrogen) atoms. The number of likely N-dealkylation sites (N-methyl/N-ethyl adjacent to an activating group) is 1. The standard InChI is InChI=1S/C32H31N7O2S/c1-38-12-14-39(15-13-38)21-8-10-25-26(18-21)36-31(35-25)29-30(33)23-17-20(7-9-24(23)37-32(29)40)34-19-28-27(11-16-42-28)41-22-5-3-2-4-6-22/h2-11,16-18,34H,12-15,19H2,1H3,(H,35,36)(H3,33,37,40). The van der Waals surface area contributed by atoms with E-state index in [1.807, 2.05) is 66.0 Å². The number of hydrogen-bond acceptors (Lipinski definition) is 8. The van der Waals surface area contributed by atoms with Crippen LogP contribution >= 0.6 is 11.3 Å². The maximum Gasteiger partial charge on any atom is 0.261 e. The van der Waals surface area contributed by atoms with Crippen LogP contribution in [0.5, 0.6) is 11.5 Å². The zero-order chi connectivity index (χ0) is 28.6. The highest BCUT2D eigenvalue weighted by molar-refractivity contribution is 7.10. The summed E-state index contributed by atoms with van der Waals surface area (Å²) < 4.78 is 6.07. The summed E-state index contributed by atoms with van der Waals surface area (Å²) in [4.78, 5) is 30.1. The fourth-order valence-corrected chi connectivity index (χ4v) is 6.12. The Kier molecular flexibility index (Phi) is 6.77. The molecule has 1 aliphatic rings. The van der Waals surface area contributed by atoms with E-state index < -0.39 is 0 Å². The molecule has 9 nitrogen and oxygen atoms in total. The molecule has 0 amide bonds. The van der Waals surface area contributed by atoms with E-state index in [9.17, 15) is 4.79 Å². The number of nitrogens with two attached hydrogens (primary N) is 1. The van der Waals surface area contributed by atoms with Gasteiger partial charge in [-0.3, -0.25) is 4.79 Å². The topological polar surface area (TPSA) is 115 Å². The van der Waals surface area contributed by atoms with Gasteiger partial charge < -0.3 is 35.6 Å². The van der Waals surface area contributed by atoms with Crippen LogP contribution in [0.3, 0.4) is 0 Å². The molecule has 0 aliphatic carbocycles. The highest BCUT2D eigenvalue weighted by Crippen LogP contribution is 2.33. The summed E-state index contributed by atoms with van der Waals surface area (Å²) in [6.07, 6.45) is 0. The number of anilines is 3. The Morgan fingerprint density at radius 2 is 1.81 bits per heavy atom. The van der Waals surface area contributed by atoms with Crippen molar-refractivity contribution in [2.24, 2.45) is 0 Å². The zero-order valence-electron chi connectivity index (χ0n) is 23.2. The molecule has 7 rings (SSSR count). The first-order chi connectivity index (χ1) is 20.5. The molecule has 0 spiro atoms. The first kappa shape index (κ1) is 26.1. The molecule has 3 aromatic heterocycles. The highest BCUT2D eigenvalue weighted by atomic mass is 32.1. The van der Waals surface area contributed by atoms with Crippen molar-refractivity contribution in [2.45, 2.75) is 6.54 Å². The summed E-state index contributed by atoms with van der Waals surface area (Å²) in [7, 11) is 2.15. The van der Waals surface area contributed by atoms with Crippen LogP contribution in [0.25, 0.3) is 33.3 Å². The summed E-state index contributed by atoms with van der Waals surface area (Å²) in [5.41, 5.74) is 11.5. The van der Waals surface area contributed by atoms with Gasteiger partial charge in [-0.25, -0.2) is 4.98 Å². The summed E-state index contributed by atoms with van der Waals surface area (Å²) >= 11 is 1.63. The molecule has 1 aliphatic heterocycles. The number of H-pyrrole nitrogens is 2. The van der Waals surface area contributed by atoms with Crippen LogP contribution in [0.1, 0.15) is 4.88 Å². The van der Waals surface area contributed by atoms with E-state index in [2.05, 4.69) is 44.3 Å². The minimum Gasteiger partial charge on any atom is -0.456 e. The third kappa shape index (κ3) is 5.06. The Morgan fingerprint density at radius 3 is 2.64 bits per heavy atom. The van der Waals surface area contributed by atoms with Crippen LogP contribution in [0, 0.1) is 0 Å². The second kappa shape index (κ2) is 10.9. The number of nitrogens with one attached hydrogen (secondary N) is 3. The van der Waals surface area contributed by atoms with Crippen molar-refractivity contribution < 1.29 is 4.74 Å². The molecule has 0 atom stereocenters. The fraction of sp³-hybridized carbons (Fsp3) is 0.188. The van der Waals surface area contributed by atoms with E-state index in [4.69, 9.17) is 15.5 Å². The molecule has 212 valence electrons. The third-order valence-corrected chi connectivity index (χ3v) is 8.66. The molecule has 0 bridgehead atoms.